The molecular weight excluding hydrogens is 350 g/mol. The fourth-order valence-electron chi connectivity index (χ4n) is 3.24. The Bertz CT molecular complexity index is 676. The standard InChI is InChI=1S/C15H18ClN5O2S/c16-12-2-1-10(7-14(12)21(22)23)8-17-19-15(24)18-13-9-20-5-3-11(13)4-6-20/h1-2,7-8,11,13H,3-6,9H2,(H2,18,19,24)/b17-8-/t13-/m1/s1. The molecule has 24 heavy (non-hydrogen) atoms. The number of hydrogen-bond acceptors (Lipinski definition) is 5. The van der Waals surface area contributed by atoms with E-state index in [4.69, 9.17) is 23.8 Å². The van der Waals surface area contributed by atoms with Gasteiger partial charge in [-0.1, -0.05) is 17.7 Å². The molecule has 1 aromatic rings. The second-order valence-corrected chi connectivity index (χ2v) is 6.87. The third-order valence-corrected chi connectivity index (χ3v) is 5.05. The first-order valence-corrected chi connectivity index (χ1v) is 8.57. The molecule has 0 aliphatic carbocycles. The van der Waals surface area contributed by atoms with E-state index in [-0.39, 0.29) is 10.7 Å². The number of nitro benzene ring substituents is 1. The summed E-state index contributed by atoms with van der Waals surface area (Å²) in [5.41, 5.74) is 3.20. The quantitative estimate of drug-likeness (QED) is 0.367. The molecule has 0 aromatic heterocycles. The Labute approximate surface area is 150 Å². The smallest absolute Gasteiger partial charge is 0.288 e. The fourth-order valence-corrected chi connectivity index (χ4v) is 3.64. The molecule has 0 spiro atoms. The molecule has 0 amide bonds. The van der Waals surface area contributed by atoms with Crippen molar-refractivity contribution in [2.45, 2.75) is 18.9 Å². The summed E-state index contributed by atoms with van der Waals surface area (Å²) in [6.07, 6.45) is 3.89. The third kappa shape index (κ3) is 4.00. The van der Waals surface area contributed by atoms with Crippen molar-refractivity contribution in [2.24, 2.45) is 11.0 Å². The van der Waals surface area contributed by atoms with E-state index in [1.165, 1.54) is 44.3 Å². The lowest BCUT2D eigenvalue weighted by Gasteiger charge is -2.45. The van der Waals surface area contributed by atoms with Gasteiger partial charge in [-0.3, -0.25) is 15.5 Å². The van der Waals surface area contributed by atoms with Crippen LogP contribution in [0.5, 0.6) is 0 Å². The highest BCUT2D eigenvalue weighted by molar-refractivity contribution is 7.80. The van der Waals surface area contributed by atoms with Gasteiger partial charge < -0.3 is 10.2 Å². The first-order chi connectivity index (χ1) is 11.5. The normalized spacial score (nSPS) is 25.6. The Balaban J connectivity index is 1.53. The van der Waals surface area contributed by atoms with Crippen molar-refractivity contribution >= 4 is 40.8 Å². The molecule has 2 N–H and O–H groups in total. The SMILES string of the molecule is O=[N+]([O-])c1cc(/C=N\NC(=S)N[C@@H]2CN3CCC2CC3)ccc1Cl. The maximum absolute atomic E-state index is 10.9. The number of fused-ring (bicyclic) bond motifs is 3. The zero-order valence-corrected chi connectivity index (χ0v) is 14.5. The lowest BCUT2D eigenvalue weighted by atomic mass is 9.84. The lowest BCUT2D eigenvalue weighted by molar-refractivity contribution is -0.384. The van der Waals surface area contributed by atoms with E-state index in [2.05, 4.69) is 20.7 Å². The van der Waals surface area contributed by atoms with Gasteiger partial charge in [-0.15, -0.1) is 0 Å². The highest BCUT2D eigenvalue weighted by Gasteiger charge is 2.34. The van der Waals surface area contributed by atoms with Crippen molar-refractivity contribution in [3.05, 3.63) is 38.9 Å². The van der Waals surface area contributed by atoms with Crippen molar-refractivity contribution in [3.63, 3.8) is 0 Å². The second-order valence-electron chi connectivity index (χ2n) is 6.06. The van der Waals surface area contributed by atoms with Crippen LogP contribution < -0.4 is 10.7 Å². The summed E-state index contributed by atoms with van der Waals surface area (Å²) in [4.78, 5) is 12.8. The van der Waals surface area contributed by atoms with Crippen LogP contribution in [0, 0.1) is 16.0 Å². The molecule has 3 saturated heterocycles. The van der Waals surface area contributed by atoms with Crippen LogP contribution in [-0.4, -0.2) is 46.8 Å². The maximum atomic E-state index is 10.9. The molecule has 3 aliphatic rings. The van der Waals surface area contributed by atoms with Crippen molar-refractivity contribution in [1.29, 1.82) is 0 Å². The molecule has 3 aliphatic heterocycles. The van der Waals surface area contributed by atoms with Crippen molar-refractivity contribution in [3.8, 4) is 0 Å². The van der Waals surface area contributed by atoms with E-state index in [1.54, 1.807) is 6.07 Å². The summed E-state index contributed by atoms with van der Waals surface area (Å²) in [6.45, 7) is 3.37. The van der Waals surface area contributed by atoms with E-state index >= 15 is 0 Å². The average Bonchev–Trinajstić information content (AvgIpc) is 2.57. The molecule has 9 heteroatoms. The number of halogens is 1. The Morgan fingerprint density at radius 2 is 2.21 bits per heavy atom. The Morgan fingerprint density at radius 3 is 2.83 bits per heavy atom. The molecule has 0 radical (unpaired) electrons. The molecule has 3 heterocycles. The third-order valence-electron chi connectivity index (χ3n) is 4.52. The Kier molecular flexibility index (Phi) is 5.27. The van der Waals surface area contributed by atoms with E-state index in [9.17, 15) is 10.1 Å². The van der Waals surface area contributed by atoms with Gasteiger partial charge in [-0.25, -0.2) is 0 Å². The van der Waals surface area contributed by atoms with Gasteiger partial charge in [0.15, 0.2) is 5.11 Å². The van der Waals surface area contributed by atoms with Crippen molar-refractivity contribution < 1.29 is 4.92 Å². The minimum absolute atomic E-state index is 0.102. The monoisotopic (exact) mass is 367 g/mol. The van der Waals surface area contributed by atoms with Crippen LogP contribution in [0.4, 0.5) is 5.69 Å². The summed E-state index contributed by atoms with van der Waals surface area (Å²) in [7, 11) is 0. The number of nitro groups is 1. The van der Waals surface area contributed by atoms with E-state index < -0.39 is 4.92 Å². The number of rotatable bonds is 4. The van der Waals surface area contributed by atoms with Crippen molar-refractivity contribution in [2.75, 3.05) is 19.6 Å². The summed E-state index contributed by atoms with van der Waals surface area (Å²) in [6, 6.07) is 4.87. The first-order valence-electron chi connectivity index (χ1n) is 7.79. The fraction of sp³-hybridized carbons (Fsp3) is 0.467. The van der Waals surface area contributed by atoms with Crippen LogP contribution >= 0.6 is 23.8 Å². The molecule has 128 valence electrons. The molecule has 2 bridgehead atoms. The second kappa shape index (κ2) is 7.42. The van der Waals surface area contributed by atoms with E-state index in [1.807, 2.05) is 0 Å². The molecule has 0 saturated carbocycles. The minimum atomic E-state index is -0.521. The van der Waals surface area contributed by atoms with E-state index in [0.717, 1.165) is 6.54 Å². The van der Waals surface area contributed by atoms with Gasteiger partial charge in [-0.2, -0.15) is 5.10 Å². The number of nitrogens with one attached hydrogen (secondary N) is 2. The number of hydrogen-bond donors (Lipinski definition) is 2. The van der Waals surface area contributed by atoms with Gasteiger partial charge in [0.05, 0.1) is 11.1 Å². The summed E-state index contributed by atoms with van der Waals surface area (Å²) in [5, 5.41) is 18.8. The summed E-state index contributed by atoms with van der Waals surface area (Å²) >= 11 is 11.0. The van der Waals surface area contributed by atoms with Gasteiger partial charge in [0.25, 0.3) is 5.69 Å². The molecule has 1 aromatic carbocycles. The molecule has 4 rings (SSSR count). The van der Waals surface area contributed by atoms with Gasteiger partial charge >= 0.3 is 0 Å². The largest absolute Gasteiger partial charge is 0.357 e. The molecule has 7 nitrogen and oxygen atoms in total. The van der Waals surface area contributed by atoms with Crippen LogP contribution in [0.15, 0.2) is 23.3 Å². The minimum Gasteiger partial charge on any atom is -0.357 e. The van der Waals surface area contributed by atoms with Crippen LogP contribution in [-0.2, 0) is 0 Å². The molecular formula is C15H18ClN5O2S. The highest BCUT2D eigenvalue weighted by Crippen LogP contribution is 2.27. The highest BCUT2D eigenvalue weighted by atomic mass is 35.5. The van der Waals surface area contributed by atoms with Gasteiger partial charge in [0.2, 0.25) is 0 Å². The Morgan fingerprint density at radius 1 is 1.46 bits per heavy atom. The predicted octanol–water partition coefficient (Wildman–Crippen LogP) is 2.14. The topological polar surface area (TPSA) is 82.8 Å². The van der Waals surface area contributed by atoms with Crippen LogP contribution in [0.3, 0.4) is 0 Å². The number of thiocarbonyl (C=S) groups is 1. The predicted molar refractivity (Wildman–Crippen MR) is 97.5 cm³/mol. The summed E-state index contributed by atoms with van der Waals surface area (Å²) in [5.74, 6) is 0.664. The number of nitrogens with zero attached hydrogens (tertiary/aromatic N) is 3. The number of piperidine rings is 3. The average molecular weight is 368 g/mol. The molecule has 0 unspecified atom stereocenters. The molecule has 1 atom stereocenters. The maximum Gasteiger partial charge on any atom is 0.288 e. The zero-order valence-electron chi connectivity index (χ0n) is 12.9. The van der Waals surface area contributed by atoms with Crippen LogP contribution in [0.1, 0.15) is 18.4 Å². The van der Waals surface area contributed by atoms with Crippen LogP contribution in [0.25, 0.3) is 0 Å². The first kappa shape index (κ1) is 17.1. The van der Waals surface area contributed by atoms with Crippen molar-refractivity contribution in [1.82, 2.24) is 15.6 Å². The van der Waals surface area contributed by atoms with E-state index in [0.29, 0.717) is 22.6 Å². The van der Waals surface area contributed by atoms with Gasteiger partial charge in [-0.05, 0) is 50.1 Å². The number of benzene rings is 1. The molecule has 3 fully saturated rings. The summed E-state index contributed by atoms with van der Waals surface area (Å²) < 4.78 is 0. The number of hydrazone groups is 1. The van der Waals surface area contributed by atoms with Crippen LogP contribution in [0.2, 0.25) is 5.02 Å². The van der Waals surface area contributed by atoms with Gasteiger partial charge in [0.1, 0.15) is 5.02 Å². The lowest BCUT2D eigenvalue weighted by Crippen LogP contribution is -2.58. The van der Waals surface area contributed by atoms with Gasteiger partial charge in [0, 0.05) is 24.2 Å². The Hall–Kier alpha value is -1.77. The zero-order chi connectivity index (χ0) is 17.1.